The second-order valence-electron chi connectivity index (χ2n) is 6.29. The lowest BCUT2D eigenvalue weighted by molar-refractivity contribution is 0.208. The molecule has 0 aliphatic heterocycles. The predicted octanol–water partition coefficient (Wildman–Crippen LogP) is 6.04. The zero-order valence-electron chi connectivity index (χ0n) is 16.0. The van der Waals surface area contributed by atoms with E-state index in [-0.39, 0.29) is 0 Å². The van der Waals surface area contributed by atoms with Gasteiger partial charge in [-0.2, -0.15) is 0 Å². The maximum Gasteiger partial charge on any atom is 0.361 e. The van der Waals surface area contributed by atoms with Crippen molar-refractivity contribution < 1.29 is 13.6 Å². The number of benzene rings is 1. The molecule has 0 atom stereocenters. The molecule has 0 radical (unpaired) electrons. The number of hydrogen-bond acceptors (Lipinski definition) is 3. The summed E-state index contributed by atoms with van der Waals surface area (Å²) in [6.07, 6.45) is 7.88. The minimum absolute atomic E-state index is 0.490. The Labute approximate surface area is 148 Å². The molecule has 0 aliphatic carbocycles. The summed E-state index contributed by atoms with van der Waals surface area (Å²) >= 11 is 0. The van der Waals surface area contributed by atoms with Gasteiger partial charge in [0.05, 0.1) is 18.5 Å². The van der Waals surface area contributed by atoms with E-state index in [2.05, 4.69) is 33.8 Å². The van der Waals surface area contributed by atoms with Crippen LogP contribution in [0.1, 0.15) is 77.3 Å². The van der Waals surface area contributed by atoms with Crippen LogP contribution < -0.4 is 5.30 Å². The highest BCUT2D eigenvalue weighted by Gasteiger charge is 2.30. The van der Waals surface area contributed by atoms with Gasteiger partial charge in [0.2, 0.25) is 0 Å². The van der Waals surface area contributed by atoms with E-state index < -0.39 is 7.60 Å². The molecule has 0 aromatic heterocycles. The van der Waals surface area contributed by atoms with Crippen LogP contribution in [0.15, 0.2) is 18.2 Å². The Kier molecular flexibility index (Phi) is 10.6. The van der Waals surface area contributed by atoms with Crippen LogP contribution in [0.5, 0.6) is 0 Å². The molecule has 0 bridgehead atoms. The lowest BCUT2D eigenvalue weighted by Gasteiger charge is -2.23. The first-order valence-corrected chi connectivity index (χ1v) is 11.2. The quantitative estimate of drug-likeness (QED) is 0.320. The van der Waals surface area contributed by atoms with Gasteiger partial charge in [-0.15, -0.1) is 0 Å². The molecule has 0 saturated heterocycles. The minimum atomic E-state index is -3.25. The molecule has 4 heteroatoms. The molecule has 1 rings (SSSR count). The average molecular weight is 354 g/mol. The fourth-order valence-corrected chi connectivity index (χ4v) is 4.70. The maximum atomic E-state index is 13.6. The number of unbranched alkanes of at least 4 members (excludes halogenated alkanes) is 2. The molecule has 0 aliphatic rings. The van der Waals surface area contributed by atoms with Crippen LogP contribution in [0, 0.1) is 0 Å². The number of hydrogen-bond donors (Lipinski definition) is 0. The molecule has 0 heterocycles. The highest BCUT2D eigenvalue weighted by molar-refractivity contribution is 7.62. The summed E-state index contributed by atoms with van der Waals surface area (Å²) in [5.74, 6) is 0. The summed E-state index contributed by atoms with van der Waals surface area (Å²) in [7, 11) is -3.25. The number of aryl methyl sites for hydroxylation is 1. The first-order valence-electron chi connectivity index (χ1n) is 9.63. The summed E-state index contributed by atoms with van der Waals surface area (Å²) < 4.78 is 25.3. The van der Waals surface area contributed by atoms with Crippen molar-refractivity contribution in [2.45, 2.75) is 79.1 Å². The monoisotopic (exact) mass is 354 g/mol. The van der Waals surface area contributed by atoms with Crippen LogP contribution >= 0.6 is 7.60 Å². The first-order chi connectivity index (χ1) is 11.6. The Balaban J connectivity index is 3.18. The van der Waals surface area contributed by atoms with Gasteiger partial charge in [0.25, 0.3) is 0 Å². The zero-order chi connectivity index (χ0) is 17.8. The lowest BCUT2D eigenvalue weighted by Crippen LogP contribution is -2.18. The van der Waals surface area contributed by atoms with E-state index in [0.717, 1.165) is 56.7 Å². The molecule has 0 fully saturated rings. The van der Waals surface area contributed by atoms with Crippen molar-refractivity contribution in [3.05, 3.63) is 29.3 Å². The van der Waals surface area contributed by atoms with E-state index in [9.17, 15) is 4.57 Å². The van der Waals surface area contributed by atoms with Crippen LogP contribution in [0.25, 0.3) is 0 Å². The van der Waals surface area contributed by atoms with Crippen molar-refractivity contribution >= 4 is 12.9 Å². The van der Waals surface area contributed by atoms with E-state index in [1.54, 1.807) is 0 Å². The summed E-state index contributed by atoms with van der Waals surface area (Å²) in [5.41, 5.74) is 2.47. The molecule has 138 valence electrons. The first kappa shape index (κ1) is 21.4. The minimum Gasteiger partial charge on any atom is -0.305 e. The summed E-state index contributed by atoms with van der Waals surface area (Å²) in [6, 6.07) is 6.10. The molecule has 1 aromatic rings. The molecule has 1 aromatic carbocycles. The van der Waals surface area contributed by atoms with E-state index in [1.165, 1.54) is 11.1 Å². The molecule has 0 N–H and O–H groups in total. The normalized spacial score (nSPS) is 11.8. The van der Waals surface area contributed by atoms with Crippen LogP contribution in [-0.4, -0.2) is 13.2 Å². The summed E-state index contributed by atoms with van der Waals surface area (Å²) in [4.78, 5) is 0. The average Bonchev–Trinajstić information content (AvgIpc) is 2.57. The van der Waals surface area contributed by atoms with Gasteiger partial charge in [0.1, 0.15) is 0 Å². The SMILES string of the molecule is CCCCOP(=O)(OCCCC)c1cccc(CCC)c1CCC. The van der Waals surface area contributed by atoms with Gasteiger partial charge in [-0.05, 0) is 42.9 Å². The van der Waals surface area contributed by atoms with E-state index in [1.807, 2.05) is 12.1 Å². The highest BCUT2D eigenvalue weighted by Crippen LogP contribution is 2.48. The zero-order valence-corrected chi connectivity index (χ0v) is 16.9. The van der Waals surface area contributed by atoms with Crippen LogP contribution in [0.2, 0.25) is 0 Å². The Bertz CT molecular complexity index is 500. The van der Waals surface area contributed by atoms with Crippen molar-refractivity contribution in [2.75, 3.05) is 13.2 Å². The van der Waals surface area contributed by atoms with E-state index in [0.29, 0.717) is 13.2 Å². The Morgan fingerprint density at radius 3 is 1.92 bits per heavy atom. The van der Waals surface area contributed by atoms with Crippen molar-refractivity contribution in [1.29, 1.82) is 0 Å². The fraction of sp³-hybridized carbons (Fsp3) is 0.700. The molecule has 3 nitrogen and oxygen atoms in total. The maximum absolute atomic E-state index is 13.6. The van der Waals surface area contributed by atoms with Crippen LogP contribution in [0.3, 0.4) is 0 Å². The van der Waals surface area contributed by atoms with Gasteiger partial charge in [0, 0.05) is 0 Å². The van der Waals surface area contributed by atoms with Gasteiger partial charge >= 0.3 is 7.60 Å². The predicted molar refractivity (Wildman–Crippen MR) is 103 cm³/mol. The van der Waals surface area contributed by atoms with Gasteiger partial charge in [0.15, 0.2) is 0 Å². The van der Waals surface area contributed by atoms with Crippen molar-refractivity contribution in [3.8, 4) is 0 Å². The molecule has 0 unspecified atom stereocenters. The van der Waals surface area contributed by atoms with Crippen molar-refractivity contribution in [2.24, 2.45) is 0 Å². The van der Waals surface area contributed by atoms with Gasteiger partial charge in [-0.1, -0.05) is 65.5 Å². The molecular formula is C20H35O3P. The van der Waals surface area contributed by atoms with Gasteiger partial charge < -0.3 is 9.05 Å². The second-order valence-corrected chi connectivity index (χ2v) is 8.28. The van der Waals surface area contributed by atoms with Gasteiger partial charge in [-0.3, -0.25) is 4.57 Å². The summed E-state index contributed by atoms with van der Waals surface area (Å²) in [6.45, 7) is 9.53. The Hall–Kier alpha value is -0.630. The highest BCUT2D eigenvalue weighted by atomic mass is 31.2. The molecule has 0 saturated carbocycles. The van der Waals surface area contributed by atoms with E-state index >= 15 is 0 Å². The Morgan fingerprint density at radius 2 is 1.42 bits per heavy atom. The molecular weight excluding hydrogens is 319 g/mol. The molecule has 0 spiro atoms. The number of rotatable bonds is 13. The van der Waals surface area contributed by atoms with Crippen LogP contribution in [0.4, 0.5) is 0 Å². The largest absolute Gasteiger partial charge is 0.361 e. The second kappa shape index (κ2) is 11.8. The lowest BCUT2D eigenvalue weighted by atomic mass is 10.00. The molecule has 24 heavy (non-hydrogen) atoms. The van der Waals surface area contributed by atoms with E-state index in [4.69, 9.17) is 9.05 Å². The topological polar surface area (TPSA) is 35.5 Å². The third-order valence-corrected chi connectivity index (χ3v) is 6.14. The smallest absolute Gasteiger partial charge is 0.305 e. The molecule has 0 amide bonds. The Morgan fingerprint density at radius 1 is 0.833 bits per heavy atom. The third kappa shape index (κ3) is 6.35. The fourth-order valence-electron chi connectivity index (χ4n) is 2.75. The van der Waals surface area contributed by atoms with Crippen molar-refractivity contribution in [3.63, 3.8) is 0 Å². The standard InChI is InChI=1S/C20H35O3P/c1-5-9-16-22-24(21,23-17-10-6-2)20-15-11-14-18(12-7-3)19(20)13-8-4/h11,14-15H,5-10,12-13,16-17H2,1-4H3. The van der Waals surface area contributed by atoms with Gasteiger partial charge in [-0.25, -0.2) is 0 Å². The van der Waals surface area contributed by atoms with Crippen molar-refractivity contribution in [1.82, 2.24) is 0 Å². The van der Waals surface area contributed by atoms with Crippen LogP contribution in [-0.2, 0) is 26.5 Å². The summed E-state index contributed by atoms with van der Waals surface area (Å²) in [5, 5.41) is 0.794. The third-order valence-electron chi connectivity index (χ3n) is 4.08.